The predicted octanol–water partition coefficient (Wildman–Crippen LogP) is 4.58. The molecule has 5 nitrogen and oxygen atoms in total. The fourth-order valence-electron chi connectivity index (χ4n) is 4.64. The molecule has 1 aliphatic carbocycles. The number of rotatable bonds is 5. The summed E-state index contributed by atoms with van der Waals surface area (Å²) in [6, 6.07) is 13.9. The summed E-state index contributed by atoms with van der Waals surface area (Å²) in [4.78, 5) is 27.3. The summed E-state index contributed by atoms with van der Waals surface area (Å²) >= 11 is 0. The van der Waals surface area contributed by atoms with Gasteiger partial charge in [0.25, 0.3) is 0 Å². The lowest BCUT2D eigenvalue weighted by Gasteiger charge is -2.28. The first-order valence-corrected chi connectivity index (χ1v) is 10.8. The average Bonchev–Trinajstić information content (AvgIpc) is 3.45. The molecule has 6 heteroatoms. The quantitative estimate of drug-likeness (QED) is 0.759. The van der Waals surface area contributed by atoms with Gasteiger partial charge in [0.2, 0.25) is 5.91 Å². The van der Waals surface area contributed by atoms with E-state index in [9.17, 15) is 14.0 Å². The minimum atomic E-state index is -0.663. The number of likely N-dealkylation sites (tertiary alicyclic amines) is 1. The van der Waals surface area contributed by atoms with Crippen molar-refractivity contribution in [3.8, 4) is 0 Å². The number of anilines is 1. The average molecular weight is 410 g/mol. The Morgan fingerprint density at radius 2 is 1.70 bits per heavy atom. The largest absolute Gasteiger partial charge is 0.351 e. The van der Waals surface area contributed by atoms with Crippen LogP contribution in [0.2, 0.25) is 0 Å². The number of benzene rings is 2. The summed E-state index contributed by atoms with van der Waals surface area (Å²) in [7, 11) is 0. The maximum Gasteiger partial charge on any atom is 0.321 e. The van der Waals surface area contributed by atoms with Crippen LogP contribution in [-0.4, -0.2) is 29.9 Å². The Hall–Kier alpha value is -2.89. The SMILES string of the molecule is O=C(Nc1cccc(CNC(=O)C2(c3cccc(F)c3)CCCC2)c1)N1CCCC1. The Labute approximate surface area is 176 Å². The maximum absolute atomic E-state index is 13.8. The van der Waals surface area contributed by atoms with Crippen molar-refractivity contribution >= 4 is 17.6 Å². The molecule has 0 spiro atoms. The molecule has 0 bridgehead atoms. The molecule has 2 aromatic carbocycles. The zero-order chi connectivity index (χ0) is 21.0. The normalized spacial score (nSPS) is 17.7. The molecular formula is C24H28FN3O2. The van der Waals surface area contributed by atoms with E-state index in [0.717, 1.165) is 68.4 Å². The second-order valence-electron chi connectivity index (χ2n) is 8.31. The van der Waals surface area contributed by atoms with Crippen LogP contribution in [0.4, 0.5) is 14.9 Å². The van der Waals surface area contributed by atoms with Gasteiger partial charge in [-0.15, -0.1) is 0 Å². The van der Waals surface area contributed by atoms with E-state index in [1.54, 1.807) is 6.07 Å². The molecular weight excluding hydrogens is 381 g/mol. The number of carbonyl (C=O) groups excluding carboxylic acids is 2. The van der Waals surface area contributed by atoms with Gasteiger partial charge >= 0.3 is 6.03 Å². The zero-order valence-electron chi connectivity index (χ0n) is 17.1. The molecule has 0 atom stereocenters. The molecule has 1 heterocycles. The summed E-state index contributed by atoms with van der Waals surface area (Å²) in [6.45, 7) is 1.96. The Bertz CT molecular complexity index is 918. The van der Waals surface area contributed by atoms with Crippen LogP contribution in [0.15, 0.2) is 48.5 Å². The van der Waals surface area contributed by atoms with Gasteiger partial charge in [0.15, 0.2) is 0 Å². The van der Waals surface area contributed by atoms with Crippen molar-refractivity contribution in [3.05, 3.63) is 65.5 Å². The van der Waals surface area contributed by atoms with Crippen molar-refractivity contribution in [1.29, 1.82) is 0 Å². The summed E-state index contributed by atoms with van der Waals surface area (Å²) in [5.41, 5.74) is 1.72. The molecule has 1 saturated carbocycles. The first kappa shape index (κ1) is 20.4. The second kappa shape index (κ2) is 8.86. The number of urea groups is 1. The predicted molar refractivity (Wildman–Crippen MR) is 115 cm³/mol. The standard InChI is InChI=1S/C24H28FN3O2/c25-20-9-6-8-19(16-20)24(11-1-2-12-24)22(29)26-17-18-7-5-10-21(15-18)27-23(30)28-13-3-4-14-28/h5-10,15-16H,1-4,11-14,17H2,(H,26,29)(H,27,30). The number of hydrogen-bond donors (Lipinski definition) is 2. The molecule has 30 heavy (non-hydrogen) atoms. The van der Waals surface area contributed by atoms with Gasteiger partial charge < -0.3 is 15.5 Å². The molecule has 2 aliphatic rings. The molecule has 4 rings (SSSR count). The van der Waals surface area contributed by atoms with Gasteiger partial charge in [0.1, 0.15) is 5.82 Å². The van der Waals surface area contributed by atoms with Crippen LogP contribution in [0.25, 0.3) is 0 Å². The Balaban J connectivity index is 1.42. The number of amides is 3. The van der Waals surface area contributed by atoms with Gasteiger partial charge in [0.05, 0.1) is 5.41 Å². The van der Waals surface area contributed by atoms with Crippen LogP contribution in [0.3, 0.4) is 0 Å². The lowest BCUT2D eigenvalue weighted by molar-refractivity contribution is -0.126. The molecule has 158 valence electrons. The fourth-order valence-corrected chi connectivity index (χ4v) is 4.64. The third-order valence-corrected chi connectivity index (χ3v) is 6.29. The van der Waals surface area contributed by atoms with Gasteiger partial charge in [-0.05, 0) is 61.1 Å². The van der Waals surface area contributed by atoms with Crippen molar-refractivity contribution in [3.63, 3.8) is 0 Å². The van der Waals surface area contributed by atoms with E-state index >= 15 is 0 Å². The topological polar surface area (TPSA) is 61.4 Å². The second-order valence-corrected chi connectivity index (χ2v) is 8.31. The van der Waals surface area contributed by atoms with Gasteiger partial charge in [-0.25, -0.2) is 9.18 Å². The molecule has 0 radical (unpaired) electrons. The molecule has 0 aromatic heterocycles. The molecule has 1 aliphatic heterocycles. The highest BCUT2D eigenvalue weighted by Crippen LogP contribution is 2.41. The Morgan fingerprint density at radius 1 is 0.967 bits per heavy atom. The lowest BCUT2D eigenvalue weighted by Crippen LogP contribution is -2.42. The van der Waals surface area contributed by atoms with Gasteiger partial charge in [0, 0.05) is 25.3 Å². The van der Waals surface area contributed by atoms with Crippen molar-refractivity contribution in [2.24, 2.45) is 0 Å². The number of nitrogens with zero attached hydrogens (tertiary/aromatic N) is 1. The van der Waals surface area contributed by atoms with E-state index in [2.05, 4.69) is 10.6 Å². The minimum Gasteiger partial charge on any atom is -0.351 e. The Kier molecular flexibility index (Phi) is 6.02. The van der Waals surface area contributed by atoms with E-state index in [1.165, 1.54) is 12.1 Å². The van der Waals surface area contributed by atoms with Crippen LogP contribution in [0.1, 0.15) is 49.7 Å². The van der Waals surface area contributed by atoms with Crippen LogP contribution in [0.5, 0.6) is 0 Å². The van der Waals surface area contributed by atoms with Crippen molar-refractivity contribution in [2.45, 2.75) is 50.5 Å². The third-order valence-electron chi connectivity index (χ3n) is 6.29. The third kappa shape index (κ3) is 4.32. The van der Waals surface area contributed by atoms with Crippen LogP contribution < -0.4 is 10.6 Å². The molecule has 3 amide bonds. The Morgan fingerprint density at radius 3 is 2.43 bits per heavy atom. The van der Waals surface area contributed by atoms with Gasteiger partial charge in [-0.3, -0.25) is 4.79 Å². The highest BCUT2D eigenvalue weighted by molar-refractivity contribution is 5.90. The summed E-state index contributed by atoms with van der Waals surface area (Å²) in [6.07, 6.45) is 5.48. The highest BCUT2D eigenvalue weighted by Gasteiger charge is 2.42. The number of nitrogens with one attached hydrogen (secondary N) is 2. The van der Waals surface area contributed by atoms with Crippen LogP contribution in [-0.2, 0) is 16.8 Å². The zero-order valence-corrected chi connectivity index (χ0v) is 17.1. The van der Waals surface area contributed by atoms with E-state index in [0.29, 0.717) is 6.54 Å². The smallest absolute Gasteiger partial charge is 0.321 e. The number of halogens is 1. The van der Waals surface area contributed by atoms with Gasteiger partial charge in [-0.1, -0.05) is 37.1 Å². The minimum absolute atomic E-state index is 0.0582. The fraction of sp³-hybridized carbons (Fsp3) is 0.417. The van der Waals surface area contributed by atoms with Crippen molar-refractivity contribution in [1.82, 2.24) is 10.2 Å². The molecule has 2 N–H and O–H groups in total. The number of carbonyl (C=O) groups is 2. The van der Waals surface area contributed by atoms with Crippen molar-refractivity contribution < 1.29 is 14.0 Å². The van der Waals surface area contributed by atoms with Gasteiger partial charge in [-0.2, -0.15) is 0 Å². The van der Waals surface area contributed by atoms with E-state index in [1.807, 2.05) is 35.2 Å². The van der Waals surface area contributed by atoms with Crippen LogP contribution in [0, 0.1) is 5.82 Å². The summed E-state index contributed by atoms with van der Waals surface area (Å²) in [5.74, 6) is -0.370. The monoisotopic (exact) mass is 409 g/mol. The molecule has 2 fully saturated rings. The first-order valence-electron chi connectivity index (χ1n) is 10.8. The number of hydrogen-bond acceptors (Lipinski definition) is 2. The van der Waals surface area contributed by atoms with E-state index in [-0.39, 0.29) is 17.8 Å². The summed E-state index contributed by atoms with van der Waals surface area (Å²) in [5, 5.41) is 5.99. The molecule has 1 saturated heterocycles. The van der Waals surface area contributed by atoms with E-state index in [4.69, 9.17) is 0 Å². The van der Waals surface area contributed by atoms with Crippen molar-refractivity contribution in [2.75, 3.05) is 18.4 Å². The van der Waals surface area contributed by atoms with Crippen LogP contribution >= 0.6 is 0 Å². The molecule has 2 aromatic rings. The van der Waals surface area contributed by atoms with E-state index < -0.39 is 5.41 Å². The maximum atomic E-state index is 13.8. The highest BCUT2D eigenvalue weighted by atomic mass is 19.1. The molecule has 0 unspecified atom stereocenters. The summed E-state index contributed by atoms with van der Waals surface area (Å²) < 4.78 is 13.8. The lowest BCUT2D eigenvalue weighted by atomic mass is 9.78. The first-order chi connectivity index (χ1) is 14.6.